The summed E-state index contributed by atoms with van der Waals surface area (Å²) < 4.78 is 0. The Morgan fingerprint density at radius 1 is 0.970 bits per heavy atom. The molecule has 2 aliphatic heterocycles. The van der Waals surface area contributed by atoms with E-state index in [1.807, 2.05) is 4.90 Å². The van der Waals surface area contributed by atoms with Gasteiger partial charge in [0.25, 0.3) is 0 Å². The fourth-order valence-corrected chi connectivity index (χ4v) is 5.86. The van der Waals surface area contributed by atoms with Crippen LogP contribution in [0.1, 0.15) is 50.0 Å². The summed E-state index contributed by atoms with van der Waals surface area (Å²) in [5.41, 5.74) is 3.54. The van der Waals surface area contributed by atoms with Gasteiger partial charge in [-0.3, -0.25) is 10.1 Å². The summed E-state index contributed by atoms with van der Waals surface area (Å²) in [6.45, 7) is 5.10. The molecule has 5 rings (SSSR count). The molecule has 1 saturated carbocycles. The Labute approximate surface area is 203 Å². The standard InChI is InChI=1S/C27H36N4OS/c32-26-8-4-5-16-31(26)24-11-9-22(10-12-24)28-15-19-30-17-13-23(14-18-30)29-27(33)20-25(27)21-6-2-1-3-7-21/h1-3,6-7,9-12,23,25,28-29,33H,4-5,8,13-20H2/t25-,27-/m0/s1. The summed E-state index contributed by atoms with van der Waals surface area (Å²) >= 11 is 4.99. The first-order valence-corrected chi connectivity index (χ1v) is 13.0. The van der Waals surface area contributed by atoms with Crippen LogP contribution in [0.25, 0.3) is 0 Å². The average molecular weight is 465 g/mol. The molecule has 2 N–H and O–H groups in total. The molecule has 1 amide bonds. The molecule has 33 heavy (non-hydrogen) atoms. The van der Waals surface area contributed by atoms with Crippen LogP contribution in [-0.2, 0) is 4.79 Å². The molecule has 3 aliphatic rings. The smallest absolute Gasteiger partial charge is 0.226 e. The van der Waals surface area contributed by atoms with Crippen molar-refractivity contribution >= 4 is 29.9 Å². The van der Waals surface area contributed by atoms with Crippen LogP contribution in [0.5, 0.6) is 0 Å². The second kappa shape index (κ2) is 10.1. The largest absolute Gasteiger partial charge is 0.384 e. The molecule has 5 nitrogen and oxygen atoms in total. The first-order chi connectivity index (χ1) is 16.1. The van der Waals surface area contributed by atoms with Crippen molar-refractivity contribution in [2.45, 2.75) is 55.4 Å². The third-order valence-corrected chi connectivity index (χ3v) is 8.06. The molecule has 176 valence electrons. The van der Waals surface area contributed by atoms with Crippen molar-refractivity contribution in [1.82, 2.24) is 10.2 Å². The van der Waals surface area contributed by atoms with E-state index in [0.717, 1.165) is 63.4 Å². The average Bonchev–Trinajstić information content (AvgIpc) is 3.52. The van der Waals surface area contributed by atoms with Gasteiger partial charge in [0.15, 0.2) is 0 Å². The van der Waals surface area contributed by atoms with Crippen molar-refractivity contribution in [2.24, 2.45) is 0 Å². The van der Waals surface area contributed by atoms with Crippen LogP contribution in [-0.4, -0.2) is 54.4 Å². The Kier molecular flexibility index (Phi) is 6.95. The highest BCUT2D eigenvalue weighted by molar-refractivity contribution is 7.82. The summed E-state index contributed by atoms with van der Waals surface area (Å²) in [5, 5.41) is 7.39. The van der Waals surface area contributed by atoms with Gasteiger partial charge in [0.2, 0.25) is 5.91 Å². The molecule has 0 aromatic heterocycles. The number of likely N-dealkylation sites (tertiary alicyclic amines) is 1. The van der Waals surface area contributed by atoms with Gasteiger partial charge < -0.3 is 15.1 Å². The van der Waals surface area contributed by atoms with Crippen LogP contribution in [0.4, 0.5) is 11.4 Å². The molecule has 0 radical (unpaired) electrons. The molecule has 2 heterocycles. The van der Waals surface area contributed by atoms with Crippen LogP contribution < -0.4 is 15.5 Å². The number of benzene rings is 2. The Balaban J connectivity index is 1.01. The molecule has 0 unspecified atom stereocenters. The number of carbonyl (C=O) groups is 1. The minimum Gasteiger partial charge on any atom is -0.384 e. The Morgan fingerprint density at radius 2 is 1.73 bits per heavy atom. The number of carbonyl (C=O) groups excluding carboxylic acids is 1. The highest BCUT2D eigenvalue weighted by Crippen LogP contribution is 2.54. The maximum Gasteiger partial charge on any atom is 0.226 e. The van der Waals surface area contributed by atoms with Crippen molar-refractivity contribution in [3.8, 4) is 0 Å². The Hall–Kier alpha value is -2.02. The van der Waals surface area contributed by atoms with Crippen LogP contribution >= 0.6 is 12.6 Å². The lowest BCUT2D eigenvalue weighted by Crippen LogP contribution is -2.47. The summed E-state index contributed by atoms with van der Waals surface area (Å²) in [6.07, 6.45) is 6.28. The van der Waals surface area contributed by atoms with Crippen LogP contribution in [0.15, 0.2) is 54.6 Å². The van der Waals surface area contributed by atoms with Crippen LogP contribution in [0, 0.1) is 0 Å². The van der Waals surface area contributed by atoms with E-state index in [-0.39, 0.29) is 10.8 Å². The number of thiol groups is 1. The number of piperidine rings is 2. The van der Waals surface area contributed by atoms with E-state index in [1.165, 1.54) is 18.4 Å². The molecule has 2 aromatic carbocycles. The van der Waals surface area contributed by atoms with Gasteiger partial charge in [-0.05, 0) is 75.0 Å². The van der Waals surface area contributed by atoms with E-state index in [2.05, 4.69) is 70.1 Å². The van der Waals surface area contributed by atoms with E-state index in [1.54, 1.807) is 0 Å². The van der Waals surface area contributed by atoms with E-state index in [9.17, 15) is 4.79 Å². The summed E-state index contributed by atoms with van der Waals surface area (Å²) in [5.74, 6) is 0.782. The number of anilines is 2. The number of hydrogen-bond acceptors (Lipinski definition) is 5. The maximum absolute atomic E-state index is 12.1. The fraction of sp³-hybridized carbons (Fsp3) is 0.519. The Bertz CT molecular complexity index is 929. The zero-order valence-corrected chi connectivity index (χ0v) is 20.3. The number of nitrogens with zero attached hydrogens (tertiary/aromatic N) is 2. The van der Waals surface area contributed by atoms with Crippen molar-refractivity contribution in [2.75, 3.05) is 42.9 Å². The minimum atomic E-state index is -0.0271. The van der Waals surface area contributed by atoms with Gasteiger partial charge in [-0.15, -0.1) is 0 Å². The third kappa shape index (κ3) is 5.56. The quantitative estimate of drug-likeness (QED) is 0.398. The highest BCUT2D eigenvalue weighted by Gasteiger charge is 2.52. The molecule has 6 heteroatoms. The number of nitrogens with one attached hydrogen (secondary N) is 2. The fourth-order valence-electron chi connectivity index (χ4n) is 5.34. The summed E-state index contributed by atoms with van der Waals surface area (Å²) in [4.78, 5) is 16.6. The first kappa shape index (κ1) is 22.8. The van der Waals surface area contributed by atoms with Gasteiger partial charge in [0.1, 0.15) is 0 Å². The summed E-state index contributed by atoms with van der Waals surface area (Å²) in [6, 6.07) is 19.7. The molecular weight excluding hydrogens is 428 g/mol. The lowest BCUT2D eigenvalue weighted by Gasteiger charge is -2.34. The molecule has 1 aliphatic carbocycles. The molecule has 0 spiro atoms. The molecule has 2 aromatic rings. The predicted octanol–water partition coefficient (Wildman–Crippen LogP) is 4.48. The minimum absolute atomic E-state index is 0.0271. The maximum atomic E-state index is 12.1. The monoisotopic (exact) mass is 464 g/mol. The molecular formula is C27H36N4OS. The Morgan fingerprint density at radius 3 is 2.45 bits per heavy atom. The SMILES string of the molecule is O=C1CCCCN1c1ccc(NCCN2CCC(N[C@]3(S)C[C@H]3c3ccccc3)CC2)cc1. The topological polar surface area (TPSA) is 47.6 Å². The van der Waals surface area contributed by atoms with E-state index >= 15 is 0 Å². The normalized spacial score (nSPS) is 26.4. The number of amides is 1. The van der Waals surface area contributed by atoms with Gasteiger partial charge >= 0.3 is 0 Å². The third-order valence-electron chi connectivity index (χ3n) is 7.43. The van der Waals surface area contributed by atoms with E-state index in [0.29, 0.717) is 18.4 Å². The van der Waals surface area contributed by atoms with E-state index in [4.69, 9.17) is 12.6 Å². The number of rotatable bonds is 8. The van der Waals surface area contributed by atoms with Crippen molar-refractivity contribution in [3.63, 3.8) is 0 Å². The molecule has 0 bridgehead atoms. The van der Waals surface area contributed by atoms with Gasteiger partial charge in [-0.2, -0.15) is 12.6 Å². The van der Waals surface area contributed by atoms with Crippen molar-refractivity contribution < 1.29 is 4.79 Å². The predicted molar refractivity (Wildman–Crippen MR) is 139 cm³/mol. The molecule has 2 atom stereocenters. The van der Waals surface area contributed by atoms with Crippen LogP contribution in [0.3, 0.4) is 0 Å². The lowest BCUT2D eigenvalue weighted by molar-refractivity contribution is -0.119. The zero-order valence-electron chi connectivity index (χ0n) is 19.4. The zero-order chi connectivity index (χ0) is 22.7. The highest BCUT2D eigenvalue weighted by atomic mass is 32.1. The summed E-state index contributed by atoms with van der Waals surface area (Å²) in [7, 11) is 0. The first-order valence-electron chi connectivity index (χ1n) is 12.5. The van der Waals surface area contributed by atoms with Crippen LogP contribution in [0.2, 0.25) is 0 Å². The van der Waals surface area contributed by atoms with Gasteiger partial charge in [-0.25, -0.2) is 0 Å². The lowest BCUT2D eigenvalue weighted by atomic mass is 10.0. The van der Waals surface area contributed by atoms with E-state index < -0.39 is 0 Å². The number of hydrogen-bond donors (Lipinski definition) is 3. The molecule has 2 saturated heterocycles. The van der Waals surface area contributed by atoms with Gasteiger partial charge in [0.05, 0.1) is 4.87 Å². The molecule has 3 fully saturated rings. The van der Waals surface area contributed by atoms with Crippen molar-refractivity contribution in [1.29, 1.82) is 0 Å². The van der Waals surface area contributed by atoms with Gasteiger partial charge in [-0.1, -0.05) is 30.3 Å². The second-order valence-electron chi connectivity index (χ2n) is 9.83. The van der Waals surface area contributed by atoms with Crippen molar-refractivity contribution in [3.05, 3.63) is 60.2 Å². The van der Waals surface area contributed by atoms with Gasteiger partial charge in [0, 0.05) is 49.4 Å². The second-order valence-corrected chi connectivity index (χ2v) is 10.6.